The summed E-state index contributed by atoms with van der Waals surface area (Å²) in [6, 6.07) is 13.7. The maximum atomic E-state index is 6.31. The molecule has 2 aromatic carbocycles. The van der Waals surface area contributed by atoms with Crippen LogP contribution in [0.4, 0.5) is 0 Å². The fourth-order valence-corrected chi connectivity index (χ4v) is 2.76. The summed E-state index contributed by atoms with van der Waals surface area (Å²) in [5, 5.41) is 4.38. The average molecular weight is 286 g/mol. The van der Waals surface area contributed by atoms with Crippen molar-refractivity contribution in [3.05, 3.63) is 58.1 Å². The van der Waals surface area contributed by atoms with E-state index in [9.17, 15) is 0 Å². The minimum atomic E-state index is 0.705. The van der Waals surface area contributed by atoms with Crippen molar-refractivity contribution in [2.24, 2.45) is 0 Å². The van der Waals surface area contributed by atoms with Crippen molar-refractivity contribution in [3.63, 3.8) is 0 Å². The third-order valence-corrected chi connectivity index (χ3v) is 4.13. The minimum Gasteiger partial charge on any atom is -0.310 e. The van der Waals surface area contributed by atoms with Gasteiger partial charge in [-0.05, 0) is 55.5 Å². The van der Waals surface area contributed by atoms with Crippen molar-refractivity contribution < 1.29 is 0 Å². The molecule has 20 heavy (non-hydrogen) atoms. The van der Waals surface area contributed by atoms with Gasteiger partial charge in [-0.3, -0.25) is 0 Å². The van der Waals surface area contributed by atoms with E-state index in [1.54, 1.807) is 0 Å². The first-order chi connectivity index (χ1) is 9.61. The van der Waals surface area contributed by atoms with Crippen LogP contribution in [0.3, 0.4) is 0 Å². The van der Waals surface area contributed by atoms with Crippen molar-refractivity contribution in [1.82, 2.24) is 5.32 Å². The summed E-state index contributed by atoms with van der Waals surface area (Å²) in [5.74, 6) is 0. The van der Waals surface area contributed by atoms with Gasteiger partial charge in [-0.15, -0.1) is 0 Å². The van der Waals surface area contributed by atoms with Crippen LogP contribution in [0.1, 0.15) is 29.5 Å². The zero-order valence-electron chi connectivity index (χ0n) is 12.0. The van der Waals surface area contributed by atoms with Crippen molar-refractivity contribution in [1.29, 1.82) is 0 Å². The number of aryl methyl sites for hydroxylation is 2. The Bertz CT molecular complexity index is 609. The molecule has 1 aliphatic rings. The molecule has 1 aliphatic carbocycles. The summed E-state index contributed by atoms with van der Waals surface area (Å²) >= 11 is 6.31. The first kappa shape index (κ1) is 13.7. The fraction of sp³-hybridized carbons (Fsp3) is 0.333. The molecule has 3 rings (SSSR count). The summed E-state index contributed by atoms with van der Waals surface area (Å²) < 4.78 is 0. The second-order valence-corrected chi connectivity index (χ2v) is 6.24. The number of nitrogens with one attached hydrogen (secondary N) is 1. The van der Waals surface area contributed by atoms with Crippen LogP contribution in [-0.2, 0) is 6.54 Å². The Morgan fingerprint density at radius 1 is 1.00 bits per heavy atom. The molecular weight excluding hydrogens is 266 g/mol. The van der Waals surface area contributed by atoms with E-state index < -0.39 is 0 Å². The Kier molecular flexibility index (Phi) is 3.82. The van der Waals surface area contributed by atoms with Gasteiger partial charge in [-0.2, -0.15) is 0 Å². The van der Waals surface area contributed by atoms with Crippen molar-refractivity contribution in [2.45, 2.75) is 39.3 Å². The highest BCUT2D eigenvalue weighted by Crippen LogP contribution is 2.28. The maximum Gasteiger partial charge on any atom is 0.0451 e. The predicted molar refractivity (Wildman–Crippen MR) is 86.2 cm³/mol. The van der Waals surface area contributed by atoms with Gasteiger partial charge in [0.05, 0.1) is 0 Å². The molecule has 0 radical (unpaired) electrons. The molecule has 0 heterocycles. The Morgan fingerprint density at radius 3 is 2.35 bits per heavy atom. The van der Waals surface area contributed by atoms with Gasteiger partial charge in [0.1, 0.15) is 0 Å². The van der Waals surface area contributed by atoms with E-state index in [4.69, 9.17) is 11.6 Å². The maximum absolute atomic E-state index is 6.31. The molecule has 0 spiro atoms. The van der Waals surface area contributed by atoms with Crippen LogP contribution in [0.25, 0.3) is 11.1 Å². The first-order valence-electron chi connectivity index (χ1n) is 7.22. The second kappa shape index (κ2) is 5.59. The van der Waals surface area contributed by atoms with Crippen LogP contribution in [0.2, 0.25) is 5.02 Å². The van der Waals surface area contributed by atoms with Crippen LogP contribution in [0, 0.1) is 13.8 Å². The SMILES string of the molecule is Cc1cc(C)cc(-c2ccc(Cl)c(CNC3CC3)c2)c1. The Balaban J connectivity index is 1.90. The van der Waals surface area contributed by atoms with Gasteiger partial charge < -0.3 is 5.32 Å². The molecule has 0 aliphatic heterocycles. The van der Waals surface area contributed by atoms with E-state index in [1.807, 2.05) is 6.07 Å². The molecule has 104 valence electrons. The van der Waals surface area contributed by atoms with Gasteiger partial charge in [-0.25, -0.2) is 0 Å². The second-order valence-electron chi connectivity index (χ2n) is 5.84. The van der Waals surface area contributed by atoms with Crippen LogP contribution >= 0.6 is 11.6 Å². The summed E-state index contributed by atoms with van der Waals surface area (Å²) in [6.07, 6.45) is 2.60. The van der Waals surface area contributed by atoms with Gasteiger partial charge in [0.25, 0.3) is 0 Å². The summed E-state index contributed by atoms with van der Waals surface area (Å²) in [4.78, 5) is 0. The Hall–Kier alpha value is -1.31. The molecule has 0 saturated heterocycles. The zero-order valence-corrected chi connectivity index (χ0v) is 12.8. The van der Waals surface area contributed by atoms with Crippen molar-refractivity contribution >= 4 is 11.6 Å². The zero-order chi connectivity index (χ0) is 14.1. The number of halogens is 1. The molecule has 0 aromatic heterocycles. The smallest absolute Gasteiger partial charge is 0.0451 e. The highest BCUT2D eigenvalue weighted by Gasteiger charge is 2.20. The lowest BCUT2D eigenvalue weighted by atomic mass is 9.99. The summed E-state index contributed by atoms with van der Waals surface area (Å²) in [5.41, 5.74) is 6.30. The fourth-order valence-electron chi connectivity index (χ4n) is 2.57. The molecule has 0 atom stereocenters. The predicted octanol–water partition coefficient (Wildman–Crippen LogP) is 4.88. The van der Waals surface area contributed by atoms with E-state index in [0.717, 1.165) is 11.6 Å². The van der Waals surface area contributed by atoms with Gasteiger partial charge in [0, 0.05) is 17.6 Å². The molecule has 2 aromatic rings. The molecule has 0 bridgehead atoms. The number of benzene rings is 2. The van der Waals surface area contributed by atoms with Crippen LogP contribution in [-0.4, -0.2) is 6.04 Å². The molecule has 1 saturated carbocycles. The minimum absolute atomic E-state index is 0.705. The van der Waals surface area contributed by atoms with E-state index in [2.05, 4.69) is 49.5 Å². The normalized spacial score (nSPS) is 14.6. The molecule has 2 heteroatoms. The monoisotopic (exact) mass is 285 g/mol. The van der Waals surface area contributed by atoms with E-state index >= 15 is 0 Å². The van der Waals surface area contributed by atoms with Crippen LogP contribution in [0.5, 0.6) is 0 Å². The summed E-state index contributed by atoms with van der Waals surface area (Å²) in [7, 11) is 0. The van der Waals surface area contributed by atoms with Crippen LogP contribution in [0.15, 0.2) is 36.4 Å². The first-order valence-corrected chi connectivity index (χ1v) is 7.60. The lowest BCUT2D eigenvalue weighted by molar-refractivity contribution is 0.688. The van der Waals surface area contributed by atoms with Gasteiger partial charge in [-0.1, -0.05) is 47.0 Å². The average Bonchev–Trinajstić information content (AvgIpc) is 3.20. The van der Waals surface area contributed by atoms with E-state index in [0.29, 0.717) is 6.04 Å². The molecular formula is C18H20ClN. The number of hydrogen-bond donors (Lipinski definition) is 1. The standard InChI is InChI=1S/C18H20ClN/c1-12-7-13(2)9-15(8-12)14-3-6-18(19)16(10-14)11-20-17-4-5-17/h3,6-10,17,20H,4-5,11H2,1-2H3. The lowest BCUT2D eigenvalue weighted by Crippen LogP contribution is -2.15. The number of hydrogen-bond acceptors (Lipinski definition) is 1. The van der Waals surface area contributed by atoms with Gasteiger partial charge in [0.2, 0.25) is 0 Å². The molecule has 1 N–H and O–H groups in total. The molecule has 1 nitrogen and oxygen atoms in total. The Morgan fingerprint density at radius 2 is 1.70 bits per heavy atom. The lowest BCUT2D eigenvalue weighted by Gasteiger charge is -2.10. The van der Waals surface area contributed by atoms with Crippen molar-refractivity contribution in [2.75, 3.05) is 0 Å². The topological polar surface area (TPSA) is 12.0 Å². The molecule has 0 unspecified atom stereocenters. The highest BCUT2D eigenvalue weighted by atomic mass is 35.5. The Labute approximate surface area is 126 Å². The molecule has 0 amide bonds. The van der Waals surface area contributed by atoms with Gasteiger partial charge in [0.15, 0.2) is 0 Å². The van der Waals surface area contributed by atoms with Crippen LogP contribution < -0.4 is 5.32 Å². The molecule has 1 fully saturated rings. The van der Waals surface area contributed by atoms with E-state index in [-0.39, 0.29) is 0 Å². The number of rotatable bonds is 4. The van der Waals surface area contributed by atoms with Crippen molar-refractivity contribution in [3.8, 4) is 11.1 Å². The quantitative estimate of drug-likeness (QED) is 0.844. The van der Waals surface area contributed by atoms with Gasteiger partial charge >= 0.3 is 0 Å². The third-order valence-electron chi connectivity index (χ3n) is 3.76. The highest BCUT2D eigenvalue weighted by molar-refractivity contribution is 6.31. The van der Waals surface area contributed by atoms with E-state index in [1.165, 1.54) is 40.7 Å². The summed E-state index contributed by atoms with van der Waals surface area (Å²) in [6.45, 7) is 5.14. The third kappa shape index (κ3) is 3.23. The largest absolute Gasteiger partial charge is 0.310 e.